The molecular formula is C11H8BrF2N5O2. The molecule has 1 aromatic heterocycles. The molecular weight excluding hydrogens is 352 g/mol. The summed E-state index contributed by atoms with van der Waals surface area (Å²) in [5.74, 6) is -2.21. The summed E-state index contributed by atoms with van der Waals surface area (Å²) in [7, 11) is 0. The van der Waals surface area contributed by atoms with Gasteiger partial charge >= 0.3 is 5.69 Å². The Morgan fingerprint density at radius 1 is 1.33 bits per heavy atom. The summed E-state index contributed by atoms with van der Waals surface area (Å²) in [6, 6.07) is 1.73. The highest BCUT2D eigenvalue weighted by Crippen LogP contribution is 2.31. The molecule has 110 valence electrons. The predicted molar refractivity (Wildman–Crippen MR) is 75.2 cm³/mol. The van der Waals surface area contributed by atoms with Crippen LogP contribution in [0.4, 0.5) is 31.9 Å². The Morgan fingerprint density at radius 2 is 2.00 bits per heavy atom. The fourth-order valence-corrected chi connectivity index (χ4v) is 1.98. The standard InChI is InChI=1S/C11H8BrF2N5O2/c1-4-9(19(20)21)10(18-11(15)16-4)17-8-2-5(12)6(13)3-7(8)14/h2-3H,1H3,(H3,15,16,17,18). The smallest absolute Gasteiger partial charge is 0.332 e. The van der Waals surface area contributed by atoms with Gasteiger partial charge < -0.3 is 11.1 Å². The lowest BCUT2D eigenvalue weighted by atomic mass is 10.2. The lowest BCUT2D eigenvalue weighted by Gasteiger charge is -2.09. The Bertz CT molecular complexity index is 741. The topological polar surface area (TPSA) is 107 Å². The first kappa shape index (κ1) is 15.0. The second-order valence-electron chi connectivity index (χ2n) is 3.99. The molecule has 0 saturated carbocycles. The van der Waals surface area contributed by atoms with Crippen molar-refractivity contribution in [3.63, 3.8) is 0 Å². The molecule has 0 fully saturated rings. The van der Waals surface area contributed by atoms with Crippen LogP contribution in [0, 0.1) is 28.7 Å². The number of nitrogens with zero attached hydrogens (tertiary/aromatic N) is 3. The highest BCUT2D eigenvalue weighted by Gasteiger charge is 2.22. The molecule has 0 atom stereocenters. The summed E-state index contributed by atoms with van der Waals surface area (Å²) in [5.41, 5.74) is 4.82. The molecule has 0 aliphatic heterocycles. The van der Waals surface area contributed by atoms with Crippen molar-refractivity contribution >= 4 is 39.1 Å². The van der Waals surface area contributed by atoms with E-state index in [2.05, 4.69) is 31.2 Å². The van der Waals surface area contributed by atoms with Crippen LogP contribution in [0.3, 0.4) is 0 Å². The molecule has 0 aliphatic carbocycles. The van der Waals surface area contributed by atoms with E-state index in [0.717, 1.165) is 6.07 Å². The average Bonchev–Trinajstić information content (AvgIpc) is 2.34. The van der Waals surface area contributed by atoms with Crippen molar-refractivity contribution in [2.24, 2.45) is 0 Å². The fraction of sp³-hybridized carbons (Fsp3) is 0.0909. The number of rotatable bonds is 3. The Kier molecular flexibility index (Phi) is 3.98. The molecule has 0 unspecified atom stereocenters. The zero-order valence-electron chi connectivity index (χ0n) is 10.5. The first-order valence-corrected chi connectivity index (χ1v) is 6.29. The van der Waals surface area contributed by atoms with Gasteiger partial charge in [0.25, 0.3) is 0 Å². The molecule has 0 bridgehead atoms. The van der Waals surface area contributed by atoms with E-state index in [1.54, 1.807) is 0 Å². The zero-order valence-corrected chi connectivity index (χ0v) is 12.1. The molecule has 0 radical (unpaired) electrons. The van der Waals surface area contributed by atoms with Crippen molar-refractivity contribution in [1.29, 1.82) is 0 Å². The molecule has 1 aromatic carbocycles. The number of nitrogens with two attached hydrogens (primary N) is 1. The maximum atomic E-state index is 13.7. The van der Waals surface area contributed by atoms with Crippen LogP contribution in [0.2, 0.25) is 0 Å². The van der Waals surface area contributed by atoms with E-state index >= 15 is 0 Å². The summed E-state index contributed by atoms with van der Waals surface area (Å²) >= 11 is 2.90. The van der Waals surface area contributed by atoms with Crippen LogP contribution < -0.4 is 11.1 Å². The van der Waals surface area contributed by atoms with Crippen molar-refractivity contribution in [2.75, 3.05) is 11.1 Å². The van der Waals surface area contributed by atoms with Crippen LogP contribution in [0.15, 0.2) is 16.6 Å². The number of hydrogen-bond acceptors (Lipinski definition) is 6. The van der Waals surface area contributed by atoms with E-state index in [4.69, 9.17) is 5.73 Å². The summed E-state index contributed by atoms with van der Waals surface area (Å²) in [6.07, 6.45) is 0. The van der Waals surface area contributed by atoms with E-state index in [1.165, 1.54) is 6.92 Å². The minimum Gasteiger partial charge on any atom is -0.368 e. The van der Waals surface area contributed by atoms with E-state index in [0.29, 0.717) is 6.07 Å². The average molecular weight is 360 g/mol. The van der Waals surface area contributed by atoms with Crippen molar-refractivity contribution in [3.8, 4) is 0 Å². The largest absolute Gasteiger partial charge is 0.368 e. The van der Waals surface area contributed by atoms with Crippen molar-refractivity contribution in [3.05, 3.63) is 44.0 Å². The molecule has 1 heterocycles. The van der Waals surface area contributed by atoms with Gasteiger partial charge in [0.2, 0.25) is 11.8 Å². The maximum absolute atomic E-state index is 13.7. The van der Waals surface area contributed by atoms with Crippen LogP contribution in [-0.4, -0.2) is 14.9 Å². The van der Waals surface area contributed by atoms with Gasteiger partial charge in [-0.1, -0.05) is 0 Å². The number of aromatic nitrogens is 2. The van der Waals surface area contributed by atoms with Crippen LogP contribution in [0.25, 0.3) is 0 Å². The number of aryl methyl sites for hydroxylation is 1. The summed E-state index contributed by atoms with van der Waals surface area (Å²) in [6.45, 7) is 1.37. The lowest BCUT2D eigenvalue weighted by Crippen LogP contribution is -2.07. The number of nitrogen functional groups attached to an aromatic ring is 1. The van der Waals surface area contributed by atoms with E-state index in [9.17, 15) is 18.9 Å². The van der Waals surface area contributed by atoms with E-state index in [1.807, 2.05) is 0 Å². The summed E-state index contributed by atoms with van der Waals surface area (Å²) in [5, 5.41) is 13.5. The van der Waals surface area contributed by atoms with Gasteiger partial charge in [0.1, 0.15) is 17.3 Å². The monoisotopic (exact) mass is 359 g/mol. The first-order valence-electron chi connectivity index (χ1n) is 5.49. The molecule has 0 spiro atoms. The van der Waals surface area contributed by atoms with Gasteiger partial charge in [-0.2, -0.15) is 4.98 Å². The maximum Gasteiger partial charge on any atom is 0.332 e. The third-order valence-corrected chi connectivity index (χ3v) is 3.13. The SMILES string of the molecule is Cc1nc(N)nc(Nc2cc(Br)c(F)cc2F)c1[N+](=O)[O-]. The quantitative estimate of drug-likeness (QED) is 0.495. The predicted octanol–water partition coefficient (Wildman–Crippen LogP) is 3.06. The first-order chi connectivity index (χ1) is 9.79. The minimum atomic E-state index is -0.931. The van der Waals surface area contributed by atoms with Crippen molar-refractivity contribution < 1.29 is 13.7 Å². The van der Waals surface area contributed by atoms with Crippen molar-refractivity contribution in [2.45, 2.75) is 6.92 Å². The molecule has 2 aromatic rings. The number of nitrogens with one attached hydrogen (secondary N) is 1. The number of halogens is 3. The second-order valence-corrected chi connectivity index (χ2v) is 4.85. The Balaban J connectivity index is 2.54. The number of nitro groups is 1. The van der Waals surface area contributed by atoms with Crippen LogP contribution >= 0.6 is 15.9 Å². The van der Waals surface area contributed by atoms with Gasteiger partial charge in [-0.15, -0.1) is 0 Å². The van der Waals surface area contributed by atoms with E-state index < -0.39 is 22.2 Å². The lowest BCUT2D eigenvalue weighted by molar-refractivity contribution is -0.385. The fourth-order valence-electron chi connectivity index (χ4n) is 1.64. The third kappa shape index (κ3) is 3.05. The minimum absolute atomic E-state index is 0.00666. The van der Waals surface area contributed by atoms with Crippen molar-refractivity contribution in [1.82, 2.24) is 9.97 Å². The van der Waals surface area contributed by atoms with Gasteiger partial charge in [0.15, 0.2) is 0 Å². The normalized spacial score (nSPS) is 10.5. The molecule has 10 heteroatoms. The Hall–Kier alpha value is -2.36. The Labute approximate surface area is 125 Å². The van der Waals surface area contributed by atoms with Gasteiger partial charge in [0.05, 0.1) is 15.1 Å². The second kappa shape index (κ2) is 5.56. The van der Waals surface area contributed by atoms with E-state index in [-0.39, 0.29) is 27.6 Å². The molecule has 21 heavy (non-hydrogen) atoms. The molecule has 0 saturated heterocycles. The van der Waals surface area contributed by atoms with Gasteiger partial charge in [-0.3, -0.25) is 10.1 Å². The molecule has 2 rings (SSSR count). The summed E-state index contributed by atoms with van der Waals surface area (Å²) < 4.78 is 26.8. The Morgan fingerprint density at radius 3 is 2.62 bits per heavy atom. The molecule has 0 amide bonds. The van der Waals surface area contributed by atoms with Gasteiger partial charge in [-0.05, 0) is 28.9 Å². The van der Waals surface area contributed by atoms with Crippen LogP contribution in [0.1, 0.15) is 5.69 Å². The van der Waals surface area contributed by atoms with Crippen LogP contribution in [-0.2, 0) is 0 Å². The number of hydrogen-bond donors (Lipinski definition) is 2. The highest BCUT2D eigenvalue weighted by atomic mass is 79.9. The zero-order chi connectivity index (χ0) is 15.7. The number of anilines is 3. The molecule has 0 aliphatic rings. The summed E-state index contributed by atoms with van der Waals surface area (Å²) in [4.78, 5) is 17.7. The molecule has 3 N–H and O–H groups in total. The van der Waals surface area contributed by atoms with Gasteiger partial charge in [-0.25, -0.2) is 13.8 Å². The highest BCUT2D eigenvalue weighted by molar-refractivity contribution is 9.10. The number of benzene rings is 1. The molecule has 7 nitrogen and oxygen atoms in total. The third-order valence-electron chi connectivity index (χ3n) is 2.52. The van der Waals surface area contributed by atoms with Gasteiger partial charge in [0, 0.05) is 6.07 Å². The van der Waals surface area contributed by atoms with Crippen LogP contribution in [0.5, 0.6) is 0 Å².